The first-order valence-electron chi connectivity index (χ1n) is 9.93. The fourth-order valence-corrected chi connectivity index (χ4v) is 4.77. The SMILES string of the molecule is COc1cc(/C=C2\SC(=O)N(CCNC(=O)/C=C/c3sccc3C)C2=O)cc(OC)c1OC. The van der Waals surface area contributed by atoms with Crippen molar-refractivity contribution in [1.29, 1.82) is 0 Å². The lowest BCUT2D eigenvalue weighted by Gasteiger charge is -2.13. The number of nitrogens with zero attached hydrogens (tertiary/aromatic N) is 1. The number of amides is 3. The standard InChI is InChI=1S/C23H24N2O6S2/c1-14-7-10-32-18(14)5-6-20(26)24-8-9-25-22(27)19(33-23(25)28)13-15-11-16(29-2)21(31-4)17(12-15)30-3/h5-7,10-13H,8-9H2,1-4H3,(H,24,26)/b6-5+,19-13-. The molecule has 174 valence electrons. The number of hydrogen-bond acceptors (Lipinski definition) is 8. The van der Waals surface area contributed by atoms with E-state index < -0.39 is 11.1 Å². The van der Waals surface area contributed by atoms with E-state index in [1.54, 1.807) is 35.6 Å². The average molecular weight is 489 g/mol. The van der Waals surface area contributed by atoms with Gasteiger partial charge in [-0.15, -0.1) is 11.3 Å². The molecule has 33 heavy (non-hydrogen) atoms. The van der Waals surface area contributed by atoms with Crippen LogP contribution in [0.1, 0.15) is 16.0 Å². The molecular formula is C23H24N2O6S2. The highest BCUT2D eigenvalue weighted by molar-refractivity contribution is 8.18. The molecule has 0 atom stereocenters. The second-order valence-electron chi connectivity index (χ2n) is 6.88. The maximum Gasteiger partial charge on any atom is 0.293 e. The fraction of sp³-hybridized carbons (Fsp3) is 0.261. The van der Waals surface area contributed by atoms with Crippen molar-refractivity contribution in [2.75, 3.05) is 34.4 Å². The van der Waals surface area contributed by atoms with Crippen LogP contribution < -0.4 is 19.5 Å². The average Bonchev–Trinajstić information content (AvgIpc) is 3.33. The predicted octanol–water partition coefficient (Wildman–Crippen LogP) is 3.95. The van der Waals surface area contributed by atoms with E-state index >= 15 is 0 Å². The van der Waals surface area contributed by atoms with Crippen molar-refractivity contribution in [1.82, 2.24) is 10.2 Å². The molecule has 0 spiro atoms. The molecule has 1 aliphatic rings. The van der Waals surface area contributed by atoms with E-state index in [1.165, 1.54) is 27.4 Å². The largest absolute Gasteiger partial charge is 0.493 e. The van der Waals surface area contributed by atoms with Crippen LogP contribution in [0.3, 0.4) is 0 Å². The molecule has 1 saturated heterocycles. The molecule has 0 radical (unpaired) electrons. The maximum atomic E-state index is 12.8. The number of carbonyl (C=O) groups excluding carboxylic acids is 3. The van der Waals surface area contributed by atoms with Crippen LogP contribution in [0.15, 0.2) is 34.6 Å². The smallest absolute Gasteiger partial charge is 0.293 e. The van der Waals surface area contributed by atoms with Crippen LogP contribution in [0.2, 0.25) is 0 Å². The summed E-state index contributed by atoms with van der Waals surface area (Å²) in [5.41, 5.74) is 1.72. The Kier molecular flexibility index (Phi) is 8.18. The molecular weight excluding hydrogens is 464 g/mol. The first kappa shape index (κ1) is 24.4. The van der Waals surface area contributed by atoms with Gasteiger partial charge in [0.25, 0.3) is 11.1 Å². The summed E-state index contributed by atoms with van der Waals surface area (Å²) in [5.74, 6) is 0.608. The second-order valence-corrected chi connectivity index (χ2v) is 8.83. The number of aryl methyl sites for hydroxylation is 1. The van der Waals surface area contributed by atoms with E-state index in [0.717, 1.165) is 27.1 Å². The van der Waals surface area contributed by atoms with Gasteiger partial charge in [-0.3, -0.25) is 19.3 Å². The summed E-state index contributed by atoms with van der Waals surface area (Å²) in [6.07, 6.45) is 4.78. The minimum atomic E-state index is -0.419. The van der Waals surface area contributed by atoms with E-state index in [-0.39, 0.29) is 23.9 Å². The van der Waals surface area contributed by atoms with Gasteiger partial charge in [-0.25, -0.2) is 0 Å². The summed E-state index contributed by atoms with van der Waals surface area (Å²) in [4.78, 5) is 39.5. The minimum Gasteiger partial charge on any atom is -0.493 e. The molecule has 8 nitrogen and oxygen atoms in total. The van der Waals surface area contributed by atoms with Crippen LogP contribution in [0, 0.1) is 6.92 Å². The summed E-state index contributed by atoms with van der Waals surface area (Å²) >= 11 is 2.39. The first-order chi connectivity index (χ1) is 15.9. The molecule has 1 N–H and O–H groups in total. The Morgan fingerprint density at radius 2 is 1.82 bits per heavy atom. The van der Waals surface area contributed by atoms with Crippen molar-refractivity contribution in [3.05, 3.63) is 50.6 Å². The highest BCUT2D eigenvalue weighted by Gasteiger charge is 2.34. The highest BCUT2D eigenvalue weighted by atomic mass is 32.2. The zero-order valence-electron chi connectivity index (χ0n) is 18.7. The molecule has 1 aromatic carbocycles. The molecule has 0 bridgehead atoms. The molecule has 2 aromatic rings. The van der Waals surface area contributed by atoms with Gasteiger partial charge in [0.2, 0.25) is 11.7 Å². The van der Waals surface area contributed by atoms with Crippen LogP contribution in [0.4, 0.5) is 4.79 Å². The van der Waals surface area contributed by atoms with Crippen molar-refractivity contribution in [2.24, 2.45) is 0 Å². The zero-order valence-corrected chi connectivity index (χ0v) is 20.3. The van der Waals surface area contributed by atoms with Crippen LogP contribution in [-0.4, -0.2) is 56.4 Å². The molecule has 3 amide bonds. The zero-order chi connectivity index (χ0) is 24.0. The highest BCUT2D eigenvalue weighted by Crippen LogP contribution is 2.40. The van der Waals surface area contributed by atoms with Gasteiger partial charge in [0.15, 0.2) is 11.5 Å². The van der Waals surface area contributed by atoms with Crippen molar-refractivity contribution < 1.29 is 28.6 Å². The number of ether oxygens (including phenoxy) is 3. The van der Waals surface area contributed by atoms with Gasteiger partial charge in [0.05, 0.1) is 26.2 Å². The van der Waals surface area contributed by atoms with Gasteiger partial charge in [-0.1, -0.05) is 0 Å². The molecule has 1 fully saturated rings. The Labute approximate surface area is 200 Å². The molecule has 1 aliphatic heterocycles. The summed E-state index contributed by atoms with van der Waals surface area (Å²) < 4.78 is 16.0. The van der Waals surface area contributed by atoms with E-state index in [1.807, 2.05) is 18.4 Å². The number of imide groups is 1. The molecule has 0 unspecified atom stereocenters. The lowest BCUT2D eigenvalue weighted by atomic mass is 10.1. The predicted molar refractivity (Wildman–Crippen MR) is 130 cm³/mol. The number of carbonyl (C=O) groups is 3. The van der Waals surface area contributed by atoms with E-state index in [0.29, 0.717) is 22.8 Å². The van der Waals surface area contributed by atoms with Gasteiger partial charge in [0, 0.05) is 24.0 Å². The quantitative estimate of drug-likeness (QED) is 0.534. The topological polar surface area (TPSA) is 94.2 Å². The third kappa shape index (κ3) is 5.77. The fourth-order valence-electron chi connectivity index (χ4n) is 3.09. The summed E-state index contributed by atoms with van der Waals surface area (Å²) in [5, 5.41) is 4.26. The number of hydrogen-bond donors (Lipinski definition) is 1. The number of benzene rings is 1. The number of thiophene rings is 1. The third-order valence-corrected chi connectivity index (χ3v) is 6.67. The summed E-state index contributed by atoms with van der Waals surface area (Å²) in [6, 6.07) is 5.36. The first-order valence-corrected chi connectivity index (χ1v) is 11.6. The van der Waals surface area contributed by atoms with Gasteiger partial charge >= 0.3 is 0 Å². The van der Waals surface area contributed by atoms with Gasteiger partial charge in [-0.05, 0) is 65.5 Å². The Hall–Kier alpha value is -3.24. The molecule has 1 aromatic heterocycles. The maximum absolute atomic E-state index is 12.8. The van der Waals surface area contributed by atoms with E-state index in [4.69, 9.17) is 14.2 Å². The Morgan fingerprint density at radius 3 is 2.39 bits per heavy atom. The van der Waals surface area contributed by atoms with Gasteiger partial charge < -0.3 is 19.5 Å². The van der Waals surface area contributed by atoms with E-state index in [9.17, 15) is 14.4 Å². The minimum absolute atomic E-state index is 0.0782. The second kappa shape index (κ2) is 11.1. The van der Waals surface area contributed by atoms with Crippen LogP contribution >= 0.6 is 23.1 Å². The van der Waals surface area contributed by atoms with Crippen LogP contribution in [0.25, 0.3) is 12.2 Å². The molecule has 10 heteroatoms. The van der Waals surface area contributed by atoms with E-state index in [2.05, 4.69) is 5.32 Å². The van der Waals surface area contributed by atoms with Gasteiger partial charge in [0.1, 0.15) is 0 Å². The molecule has 3 rings (SSSR count). The molecule has 2 heterocycles. The van der Waals surface area contributed by atoms with Crippen molar-refractivity contribution >= 4 is 52.3 Å². The molecule has 0 aliphatic carbocycles. The molecule has 0 saturated carbocycles. The lowest BCUT2D eigenvalue weighted by Crippen LogP contribution is -2.36. The third-order valence-electron chi connectivity index (χ3n) is 4.78. The monoisotopic (exact) mass is 488 g/mol. The number of nitrogens with one attached hydrogen (secondary N) is 1. The van der Waals surface area contributed by atoms with Crippen molar-refractivity contribution in [2.45, 2.75) is 6.92 Å². The Balaban J connectivity index is 1.63. The number of thioether (sulfide) groups is 1. The summed E-state index contributed by atoms with van der Waals surface area (Å²) in [6.45, 7) is 2.20. The van der Waals surface area contributed by atoms with Gasteiger partial charge in [-0.2, -0.15) is 0 Å². The number of methoxy groups -OCH3 is 3. The Morgan fingerprint density at radius 1 is 1.12 bits per heavy atom. The summed E-state index contributed by atoms with van der Waals surface area (Å²) in [7, 11) is 4.50. The van der Waals surface area contributed by atoms with Crippen LogP contribution in [-0.2, 0) is 9.59 Å². The van der Waals surface area contributed by atoms with Crippen LogP contribution in [0.5, 0.6) is 17.2 Å². The Bertz CT molecular complexity index is 1100. The number of rotatable bonds is 9. The van der Waals surface area contributed by atoms with Crippen molar-refractivity contribution in [3.63, 3.8) is 0 Å². The lowest BCUT2D eigenvalue weighted by molar-refractivity contribution is -0.123. The van der Waals surface area contributed by atoms with Crippen molar-refractivity contribution in [3.8, 4) is 17.2 Å². The normalized spacial score (nSPS) is 14.9.